The molecule has 0 radical (unpaired) electrons. The number of methoxy groups -OCH3 is 2. The van der Waals surface area contributed by atoms with Crippen LogP contribution in [0, 0.1) is 0 Å². The van der Waals surface area contributed by atoms with Gasteiger partial charge in [0, 0.05) is 12.3 Å². The summed E-state index contributed by atoms with van der Waals surface area (Å²) in [5.41, 5.74) is 0.279. The molecule has 0 unspecified atom stereocenters. The van der Waals surface area contributed by atoms with Gasteiger partial charge in [-0.3, -0.25) is 4.72 Å². The lowest BCUT2D eigenvalue weighted by atomic mass is 10.3. The predicted molar refractivity (Wildman–Crippen MR) is 89.9 cm³/mol. The van der Waals surface area contributed by atoms with Gasteiger partial charge in [0.2, 0.25) is 0 Å². The van der Waals surface area contributed by atoms with Crippen molar-refractivity contribution in [3.8, 4) is 11.5 Å². The first-order chi connectivity index (χ1) is 11.2. The maximum Gasteiger partial charge on any atom is 0.265 e. The molecule has 0 aliphatic heterocycles. The van der Waals surface area contributed by atoms with E-state index in [1.165, 1.54) is 32.4 Å². The van der Waals surface area contributed by atoms with Crippen molar-refractivity contribution >= 4 is 25.5 Å². The molecular weight excluding hydrogens is 354 g/mol. The third-order valence-corrected chi connectivity index (χ3v) is 5.69. The summed E-state index contributed by atoms with van der Waals surface area (Å²) in [6, 6.07) is 10.0. The lowest BCUT2D eigenvalue weighted by Gasteiger charge is -2.13. The van der Waals surface area contributed by atoms with Gasteiger partial charge in [0.05, 0.1) is 24.8 Å². The predicted octanol–water partition coefficient (Wildman–Crippen LogP) is 1.91. The van der Waals surface area contributed by atoms with Crippen LogP contribution in [0.2, 0.25) is 0 Å². The van der Waals surface area contributed by atoms with Crippen LogP contribution in [0.25, 0.3) is 0 Å². The molecule has 9 heteroatoms. The van der Waals surface area contributed by atoms with Crippen LogP contribution in [0.3, 0.4) is 0 Å². The van der Waals surface area contributed by atoms with E-state index in [2.05, 4.69) is 4.72 Å². The molecule has 0 amide bonds. The Balaban J connectivity index is 2.51. The van der Waals surface area contributed by atoms with Crippen molar-refractivity contribution in [2.75, 3.05) is 25.2 Å². The normalized spacial score (nSPS) is 11.8. The highest BCUT2D eigenvalue weighted by atomic mass is 32.2. The Bertz CT molecular complexity index is 952. The molecule has 2 rings (SSSR count). The first kappa shape index (κ1) is 18.1. The first-order valence-electron chi connectivity index (χ1n) is 6.72. The second kappa shape index (κ2) is 6.70. The highest BCUT2D eigenvalue weighted by Gasteiger charge is 2.22. The van der Waals surface area contributed by atoms with Gasteiger partial charge in [0.15, 0.2) is 9.84 Å². The van der Waals surface area contributed by atoms with Crippen molar-refractivity contribution in [2.45, 2.75) is 9.79 Å². The quantitative estimate of drug-likeness (QED) is 0.833. The molecule has 0 heterocycles. The number of benzene rings is 2. The van der Waals surface area contributed by atoms with E-state index in [1.807, 2.05) is 0 Å². The monoisotopic (exact) mass is 371 g/mol. The topological polar surface area (TPSA) is 98.8 Å². The van der Waals surface area contributed by atoms with Crippen LogP contribution < -0.4 is 14.2 Å². The first-order valence-corrected chi connectivity index (χ1v) is 10.1. The number of hydrogen-bond acceptors (Lipinski definition) is 6. The fraction of sp³-hybridized carbons (Fsp3) is 0.200. The van der Waals surface area contributed by atoms with Gasteiger partial charge in [0.1, 0.15) is 16.4 Å². The highest BCUT2D eigenvalue weighted by Crippen LogP contribution is 2.29. The Morgan fingerprint density at radius 3 is 2.21 bits per heavy atom. The van der Waals surface area contributed by atoms with E-state index in [0.717, 1.165) is 12.3 Å². The summed E-state index contributed by atoms with van der Waals surface area (Å²) in [4.78, 5) is -0.384. The smallest absolute Gasteiger partial charge is 0.265 e. The number of sulfonamides is 1. The number of nitrogens with one attached hydrogen (secondary N) is 1. The summed E-state index contributed by atoms with van der Waals surface area (Å²) in [5.74, 6) is 0.518. The van der Waals surface area contributed by atoms with Crippen LogP contribution in [-0.2, 0) is 19.9 Å². The zero-order chi connectivity index (χ0) is 18.0. The second-order valence-electron chi connectivity index (χ2n) is 4.92. The van der Waals surface area contributed by atoms with Crippen molar-refractivity contribution < 1.29 is 26.3 Å². The third kappa shape index (κ3) is 3.98. The van der Waals surface area contributed by atoms with Crippen LogP contribution in [0.15, 0.2) is 52.3 Å². The highest BCUT2D eigenvalue weighted by molar-refractivity contribution is 7.93. The molecule has 0 fully saturated rings. The fourth-order valence-electron chi connectivity index (χ4n) is 1.99. The lowest BCUT2D eigenvalue weighted by Crippen LogP contribution is -2.15. The lowest BCUT2D eigenvalue weighted by molar-refractivity contribution is 0.402. The van der Waals surface area contributed by atoms with Crippen molar-refractivity contribution in [1.29, 1.82) is 0 Å². The van der Waals surface area contributed by atoms with Gasteiger partial charge in [-0.2, -0.15) is 0 Å². The van der Waals surface area contributed by atoms with E-state index >= 15 is 0 Å². The fourth-order valence-corrected chi connectivity index (χ4v) is 3.96. The minimum Gasteiger partial charge on any atom is -0.497 e. The minimum atomic E-state index is -4.06. The number of sulfone groups is 1. The maximum atomic E-state index is 12.6. The van der Waals surface area contributed by atoms with Gasteiger partial charge >= 0.3 is 0 Å². The Morgan fingerprint density at radius 2 is 1.62 bits per heavy atom. The molecule has 0 aromatic heterocycles. The van der Waals surface area contributed by atoms with E-state index in [0.29, 0.717) is 5.75 Å². The van der Waals surface area contributed by atoms with Gasteiger partial charge in [0.25, 0.3) is 10.0 Å². The van der Waals surface area contributed by atoms with Crippen LogP contribution in [-0.4, -0.2) is 37.3 Å². The Morgan fingerprint density at radius 1 is 0.917 bits per heavy atom. The zero-order valence-corrected chi connectivity index (χ0v) is 14.9. The summed E-state index contributed by atoms with van der Waals surface area (Å²) >= 11 is 0. The molecule has 1 N–H and O–H groups in total. The van der Waals surface area contributed by atoms with Crippen LogP contribution >= 0.6 is 0 Å². The van der Waals surface area contributed by atoms with E-state index in [-0.39, 0.29) is 21.2 Å². The van der Waals surface area contributed by atoms with Crippen molar-refractivity contribution in [3.63, 3.8) is 0 Å². The average Bonchev–Trinajstić information content (AvgIpc) is 2.53. The summed E-state index contributed by atoms with van der Waals surface area (Å²) in [5, 5.41) is 0. The molecule has 0 bridgehead atoms. The molecule has 0 saturated heterocycles. The average molecular weight is 371 g/mol. The molecule has 7 nitrogen and oxygen atoms in total. The third-order valence-electron chi connectivity index (χ3n) is 3.17. The standard InChI is InChI=1S/C15H17NO6S2/c1-21-12-6-4-5-11(9-12)16-24(19,20)15-10-13(23(3,17)18)7-8-14(15)22-2/h4-10,16H,1-3H3. The molecule has 0 atom stereocenters. The molecule has 2 aromatic carbocycles. The van der Waals surface area contributed by atoms with Crippen LogP contribution in [0.4, 0.5) is 5.69 Å². The Labute approximate surface area is 141 Å². The Hall–Kier alpha value is -2.26. The summed E-state index contributed by atoms with van der Waals surface area (Å²) < 4.78 is 61.1. The Kier molecular flexibility index (Phi) is 5.05. The molecule has 2 aromatic rings. The number of rotatable bonds is 6. The van der Waals surface area contributed by atoms with E-state index < -0.39 is 19.9 Å². The molecule has 0 aliphatic rings. The minimum absolute atomic E-state index is 0.0396. The molecule has 0 saturated carbocycles. The number of ether oxygens (including phenoxy) is 2. The van der Waals surface area contributed by atoms with Gasteiger partial charge in [-0.1, -0.05) is 6.07 Å². The second-order valence-corrected chi connectivity index (χ2v) is 8.59. The van der Waals surface area contributed by atoms with Crippen LogP contribution in [0.1, 0.15) is 0 Å². The van der Waals surface area contributed by atoms with Crippen molar-refractivity contribution in [1.82, 2.24) is 0 Å². The molecule has 130 valence electrons. The summed E-state index contributed by atoms with van der Waals surface area (Å²) in [6.45, 7) is 0. The SMILES string of the molecule is COc1cccc(NS(=O)(=O)c2cc(S(C)(=O)=O)ccc2OC)c1. The van der Waals surface area contributed by atoms with Gasteiger partial charge < -0.3 is 9.47 Å². The molecule has 0 aliphatic carbocycles. The van der Waals surface area contributed by atoms with Crippen molar-refractivity contribution in [3.05, 3.63) is 42.5 Å². The van der Waals surface area contributed by atoms with Crippen LogP contribution in [0.5, 0.6) is 11.5 Å². The molecular formula is C15H17NO6S2. The zero-order valence-electron chi connectivity index (χ0n) is 13.3. The van der Waals surface area contributed by atoms with E-state index in [1.54, 1.807) is 18.2 Å². The van der Waals surface area contributed by atoms with E-state index in [9.17, 15) is 16.8 Å². The maximum absolute atomic E-state index is 12.6. The number of hydrogen-bond donors (Lipinski definition) is 1. The summed E-state index contributed by atoms with van der Waals surface area (Å²) in [7, 11) is -4.85. The van der Waals surface area contributed by atoms with Gasteiger partial charge in [-0.15, -0.1) is 0 Å². The van der Waals surface area contributed by atoms with Crippen molar-refractivity contribution in [2.24, 2.45) is 0 Å². The van der Waals surface area contributed by atoms with E-state index in [4.69, 9.17) is 9.47 Å². The number of anilines is 1. The van der Waals surface area contributed by atoms with Gasteiger partial charge in [-0.25, -0.2) is 16.8 Å². The summed E-state index contributed by atoms with van der Waals surface area (Å²) in [6.07, 6.45) is 1.00. The molecule has 0 spiro atoms. The largest absolute Gasteiger partial charge is 0.497 e. The molecule has 24 heavy (non-hydrogen) atoms. The van der Waals surface area contributed by atoms with Gasteiger partial charge in [-0.05, 0) is 30.3 Å².